The van der Waals surface area contributed by atoms with Crippen LogP contribution >= 0.6 is 0 Å². The van der Waals surface area contributed by atoms with Gasteiger partial charge in [-0.1, -0.05) is 18.2 Å². The van der Waals surface area contributed by atoms with E-state index in [0.717, 1.165) is 6.07 Å². The van der Waals surface area contributed by atoms with Crippen molar-refractivity contribution < 1.29 is 22.7 Å². The Balaban J connectivity index is 2.77. The Morgan fingerprint density at radius 2 is 2.00 bits per heavy atom. The number of ether oxygens (including phenoxy) is 1. The fourth-order valence-corrected chi connectivity index (χ4v) is 1.38. The molecular formula is C12H14F3NO2. The summed E-state index contributed by atoms with van der Waals surface area (Å²) in [4.78, 5) is 11.4. The molecule has 0 radical (unpaired) electrons. The lowest BCUT2D eigenvalue weighted by atomic mass is 10.1. The van der Waals surface area contributed by atoms with Gasteiger partial charge in [-0.3, -0.25) is 4.79 Å². The number of hydrogen-bond acceptors (Lipinski definition) is 2. The second kappa shape index (κ2) is 5.86. The summed E-state index contributed by atoms with van der Waals surface area (Å²) in [6.07, 6.45) is -5.11. The molecule has 0 spiro atoms. The summed E-state index contributed by atoms with van der Waals surface area (Å²) in [6, 6.07) is 5.13. The van der Waals surface area contributed by atoms with E-state index in [9.17, 15) is 18.0 Å². The van der Waals surface area contributed by atoms with E-state index in [1.165, 1.54) is 32.2 Å². The second-order valence-corrected chi connectivity index (χ2v) is 3.75. The van der Waals surface area contributed by atoms with Crippen LogP contribution in [0.5, 0.6) is 0 Å². The van der Waals surface area contributed by atoms with Crippen LogP contribution in [0.3, 0.4) is 0 Å². The van der Waals surface area contributed by atoms with Crippen LogP contribution in [-0.2, 0) is 22.3 Å². The van der Waals surface area contributed by atoms with E-state index >= 15 is 0 Å². The first-order chi connectivity index (χ1) is 8.36. The summed E-state index contributed by atoms with van der Waals surface area (Å²) < 4.78 is 42.7. The SMILES string of the molecule is COC(C)C(=O)NCc1ccccc1C(F)(F)F. The molecule has 1 rings (SSSR count). The summed E-state index contributed by atoms with van der Waals surface area (Å²) in [5.41, 5.74) is -0.711. The van der Waals surface area contributed by atoms with E-state index in [-0.39, 0.29) is 12.1 Å². The topological polar surface area (TPSA) is 38.3 Å². The fourth-order valence-electron chi connectivity index (χ4n) is 1.38. The lowest BCUT2D eigenvalue weighted by Crippen LogP contribution is -2.33. The summed E-state index contributed by atoms with van der Waals surface area (Å²) in [6.45, 7) is 1.34. The van der Waals surface area contributed by atoms with Crippen LogP contribution < -0.4 is 5.32 Å². The van der Waals surface area contributed by atoms with E-state index in [1.807, 2.05) is 0 Å². The highest BCUT2D eigenvalue weighted by molar-refractivity contribution is 5.80. The Kier molecular flexibility index (Phi) is 4.72. The Bertz CT molecular complexity index is 418. The van der Waals surface area contributed by atoms with Gasteiger partial charge in [0.25, 0.3) is 0 Å². The Labute approximate surface area is 103 Å². The number of hydrogen-bond donors (Lipinski definition) is 1. The number of nitrogens with one attached hydrogen (secondary N) is 1. The number of methoxy groups -OCH3 is 1. The van der Waals surface area contributed by atoms with Crippen molar-refractivity contribution in [3.05, 3.63) is 35.4 Å². The van der Waals surface area contributed by atoms with Crippen LogP contribution in [0.15, 0.2) is 24.3 Å². The molecule has 1 N–H and O–H groups in total. The maximum Gasteiger partial charge on any atom is 0.416 e. The molecule has 0 saturated carbocycles. The first-order valence-corrected chi connectivity index (χ1v) is 5.32. The van der Waals surface area contributed by atoms with E-state index in [1.54, 1.807) is 0 Å². The van der Waals surface area contributed by atoms with Crippen LogP contribution in [-0.4, -0.2) is 19.1 Å². The van der Waals surface area contributed by atoms with Crippen molar-refractivity contribution in [3.8, 4) is 0 Å². The Morgan fingerprint density at radius 3 is 2.56 bits per heavy atom. The molecule has 100 valence electrons. The predicted octanol–water partition coefficient (Wildman–Crippen LogP) is 2.36. The smallest absolute Gasteiger partial charge is 0.372 e. The minimum absolute atomic E-state index is 0.0293. The fraction of sp³-hybridized carbons (Fsp3) is 0.417. The minimum atomic E-state index is -4.42. The number of carbonyl (C=O) groups excluding carboxylic acids is 1. The molecule has 18 heavy (non-hydrogen) atoms. The summed E-state index contributed by atoms with van der Waals surface area (Å²) in [5, 5.41) is 2.40. The zero-order valence-electron chi connectivity index (χ0n) is 10.0. The first kappa shape index (κ1) is 14.5. The number of alkyl halides is 3. The average molecular weight is 261 g/mol. The van der Waals surface area contributed by atoms with Crippen molar-refractivity contribution in [2.75, 3.05) is 7.11 Å². The molecule has 0 bridgehead atoms. The van der Waals surface area contributed by atoms with E-state index < -0.39 is 23.8 Å². The third-order valence-electron chi connectivity index (χ3n) is 2.50. The summed E-state index contributed by atoms with van der Waals surface area (Å²) in [7, 11) is 1.36. The van der Waals surface area contributed by atoms with Crippen LogP contribution in [0.2, 0.25) is 0 Å². The normalized spacial score (nSPS) is 13.2. The van der Waals surface area contributed by atoms with Gasteiger partial charge in [-0.05, 0) is 18.6 Å². The average Bonchev–Trinajstić information content (AvgIpc) is 2.34. The third kappa shape index (κ3) is 3.73. The van der Waals surface area contributed by atoms with Gasteiger partial charge in [0.05, 0.1) is 5.56 Å². The van der Waals surface area contributed by atoms with Crippen molar-refractivity contribution in [1.82, 2.24) is 5.32 Å². The largest absolute Gasteiger partial charge is 0.416 e. The van der Waals surface area contributed by atoms with Crippen molar-refractivity contribution in [2.45, 2.75) is 25.7 Å². The number of benzene rings is 1. The molecule has 0 aliphatic carbocycles. The molecule has 1 unspecified atom stereocenters. The molecule has 0 heterocycles. The molecule has 3 nitrogen and oxygen atoms in total. The molecule has 1 amide bonds. The highest BCUT2D eigenvalue weighted by Gasteiger charge is 2.32. The van der Waals surface area contributed by atoms with Gasteiger partial charge in [0.2, 0.25) is 5.91 Å². The molecule has 0 aromatic heterocycles. The van der Waals surface area contributed by atoms with Gasteiger partial charge in [-0.2, -0.15) is 13.2 Å². The number of rotatable bonds is 4. The van der Waals surface area contributed by atoms with Gasteiger partial charge in [0.1, 0.15) is 6.10 Å². The molecule has 1 aromatic rings. The monoisotopic (exact) mass is 261 g/mol. The molecule has 0 saturated heterocycles. The lowest BCUT2D eigenvalue weighted by Gasteiger charge is -2.14. The zero-order valence-corrected chi connectivity index (χ0v) is 10.0. The van der Waals surface area contributed by atoms with Crippen LogP contribution in [0.4, 0.5) is 13.2 Å². The molecular weight excluding hydrogens is 247 g/mol. The van der Waals surface area contributed by atoms with Gasteiger partial charge in [-0.25, -0.2) is 0 Å². The van der Waals surface area contributed by atoms with Crippen LogP contribution in [0.25, 0.3) is 0 Å². The van der Waals surface area contributed by atoms with Gasteiger partial charge < -0.3 is 10.1 Å². The van der Waals surface area contributed by atoms with Crippen molar-refractivity contribution in [3.63, 3.8) is 0 Å². The second-order valence-electron chi connectivity index (χ2n) is 3.75. The minimum Gasteiger partial charge on any atom is -0.372 e. The number of carbonyl (C=O) groups is 1. The Morgan fingerprint density at radius 1 is 1.39 bits per heavy atom. The summed E-state index contributed by atoms with van der Waals surface area (Å²) >= 11 is 0. The van der Waals surface area contributed by atoms with E-state index in [4.69, 9.17) is 4.74 Å². The molecule has 1 aromatic carbocycles. The molecule has 0 aliphatic rings. The maximum absolute atomic E-state index is 12.7. The molecule has 6 heteroatoms. The van der Waals surface area contributed by atoms with Gasteiger partial charge in [0, 0.05) is 13.7 Å². The van der Waals surface area contributed by atoms with Crippen molar-refractivity contribution >= 4 is 5.91 Å². The highest BCUT2D eigenvalue weighted by atomic mass is 19.4. The molecule has 0 aliphatic heterocycles. The predicted molar refractivity (Wildman–Crippen MR) is 59.8 cm³/mol. The highest BCUT2D eigenvalue weighted by Crippen LogP contribution is 2.31. The van der Waals surface area contributed by atoms with Crippen LogP contribution in [0, 0.1) is 0 Å². The van der Waals surface area contributed by atoms with Gasteiger partial charge >= 0.3 is 6.18 Å². The third-order valence-corrected chi connectivity index (χ3v) is 2.50. The van der Waals surface area contributed by atoms with Crippen molar-refractivity contribution in [1.29, 1.82) is 0 Å². The first-order valence-electron chi connectivity index (χ1n) is 5.32. The van der Waals surface area contributed by atoms with Crippen LogP contribution in [0.1, 0.15) is 18.1 Å². The summed E-state index contributed by atoms with van der Waals surface area (Å²) in [5.74, 6) is -0.450. The van der Waals surface area contributed by atoms with E-state index in [2.05, 4.69) is 5.32 Å². The van der Waals surface area contributed by atoms with Gasteiger partial charge in [-0.15, -0.1) is 0 Å². The van der Waals surface area contributed by atoms with Gasteiger partial charge in [0.15, 0.2) is 0 Å². The van der Waals surface area contributed by atoms with E-state index in [0.29, 0.717) is 0 Å². The molecule has 0 fully saturated rings. The molecule has 1 atom stereocenters. The Hall–Kier alpha value is -1.56. The number of halogens is 3. The van der Waals surface area contributed by atoms with Crippen molar-refractivity contribution in [2.24, 2.45) is 0 Å². The quantitative estimate of drug-likeness (QED) is 0.903. The zero-order chi connectivity index (χ0) is 13.8. The maximum atomic E-state index is 12.7. The standard InChI is InChI=1S/C12H14F3NO2/c1-8(18-2)11(17)16-7-9-5-3-4-6-10(9)12(13,14)15/h3-6,8H,7H2,1-2H3,(H,16,17). The lowest BCUT2D eigenvalue weighted by molar-refractivity contribution is -0.138. The number of amides is 1.